The molecule has 2 rings (SSSR count). The van der Waals surface area contributed by atoms with E-state index in [4.69, 9.17) is 0 Å². The lowest BCUT2D eigenvalue weighted by atomic mass is 9.94. The Morgan fingerprint density at radius 2 is 1.04 bits per heavy atom. The first-order valence-corrected chi connectivity index (χ1v) is 9.56. The number of hydrogen-bond donors (Lipinski definition) is 2. The number of aliphatic hydroxyl groups is 2. The van der Waals surface area contributed by atoms with Gasteiger partial charge in [-0.25, -0.2) is 0 Å². The lowest BCUT2D eigenvalue weighted by Gasteiger charge is -2.24. The maximum Gasteiger partial charge on any atom is 0.0558 e. The molecule has 0 aliphatic heterocycles. The van der Waals surface area contributed by atoms with Crippen LogP contribution in [0.3, 0.4) is 0 Å². The largest absolute Gasteiger partial charge is 0.395 e. The van der Waals surface area contributed by atoms with Gasteiger partial charge in [0.1, 0.15) is 0 Å². The van der Waals surface area contributed by atoms with Crippen molar-refractivity contribution in [3.8, 4) is 11.1 Å². The highest BCUT2D eigenvalue weighted by Crippen LogP contribution is 2.29. The van der Waals surface area contributed by atoms with E-state index in [1.165, 1.54) is 22.3 Å². The van der Waals surface area contributed by atoms with Gasteiger partial charge in [-0.15, -0.1) is 0 Å². The van der Waals surface area contributed by atoms with Crippen LogP contribution in [0.15, 0.2) is 48.5 Å². The summed E-state index contributed by atoms with van der Waals surface area (Å²) in [6.07, 6.45) is 0. The van der Waals surface area contributed by atoms with E-state index in [0.29, 0.717) is 13.1 Å². The maximum atomic E-state index is 9.29. The average Bonchev–Trinajstić information content (AvgIpc) is 2.68. The van der Waals surface area contributed by atoms with Crippen LogP contribution in [0.5, 0.6) is 0 Å². The van der Waals surface area contributed by atoms with Crippen molar-refractivity contribution in [3.63, 3.8) is 0 Å². The normalized spacial score (nSPS) is 11.5. The molecule has 0 unspecified atom stereocenters. The molecule has 0 atom stereocenters. The zero-order valence-electron chi connectivity index (χ0n) is 16.1. The third-order valence-corrected chi connectivity index (χ3v) is 4.84. The molecule has 0 amide bonds. The summed E-state index contributed by atoms with van der Waals surface area (Å²) in [6.45, 7) is 9.47. The number of hydrogen-bond acceptors (Lipinski definition) is 4. The van der Waals surface area contributed by atoms with E-state index in [1.807, 2.05) is 0 Å². The summed E-state index contributed by atoms with van der Waals surface area (Å²) in [5.41, 5.74) is 5.06. The molecule has 0 fully saturated rings. The molecule has 4 nitrogen and oxygen atoms in total. The van der Waals surface area contributed by atoms with Gasteiger partial charge in [-0.1, -0.05) is 62.4 Å². The second kappa shape index (κ2) is 11.1. The standard InChI is InChI=1S/C22H32N2O2/c1-3-23(13-15-25)17-19-9-5-7-11-21(19)22-12-8-6-10-20(22)18-24(4-2)14-16-26/h5-12,25-26H,3-4,13-18H2,1-2H3. The number of benzene rings is 2. The highest BCUT2D eigenvalue weighted by Gasteiger charge is 2.13. The lowest BCUT2D eigenvalue weighted by Crippen LogP contribution is -2.27. The molecule has 0 radical (unpaired) electrons. The third kappa shape index (κ3) is 5.64. The van der Waals surface area contributed by atoms with E-state index >= 15 is 0 Å². The second-order valence-corrected chi connectivity index (χ2v) is 6.50. The molecule has 0 saturated carbocycles. The number of nitrogens with zero attached hydrogens (tertiary/aromatic N) is 2. The Balaban J connectivity index is 2.34. The predicted molar refractivity (Wildman–Crippen MR) is 108 cm³/mol. The fourth-order valence-corrected chi connectivity index (χ4v) is 3.30. The van der Waals surface area contributed by atoms with Gasteiger partial charge in [0.15, 0.2) is 0 Å². The van der Waals surface area contributed by atoms with Crippen LogP contribution in [0.25, 0.3) is 11.1 Å². The van der Waals surface area contributed by atoms with Crippen molar-refractivity contribution in [2.75, 3.05) is 39.4 Å². The Kier molecular flexibility index (Phi) is 8.78. The van der Waals surface area contributed by atoms with E-state index in [0.717, 1.165) is 26.2 Å². The summed E-state index contributed by atoms with van der Waals surface area (Å²) in [5, 5.41) is 18.6. The van der Waals surface area contributed by atoms with Gasteiger partial charge in [-0.05, 0) is 35.3 Å². The molecule has 0 bridgehead atoms. The summed E-state index contributed by atoms with van der Waals surface area (Å²) in [7, 11) is 0. The van der Waals surface area contributed by atoms with Crippen molar-refractivity contribution in [1.82, 2.24) is 9.80 Å². The summed E-state index contributed by atoms with van der Waals surface area (Å²) >= 11 is 0. The lowest BCUT2D eigenvalue weighted by molar-refractivity contribution is 0.196. The average molecular weight is 357 g/mol. The summed E-state index contributed by atoms with van der Waals surface area (Å²) in [4.78, 5) is 4.51. The van der Waals surface area contributed by atoms with Crippen LogP contribution in [-0.4, -0.2) is 59.4 Å². The summed E-state index contributed by atoms with van der Waals surface area (Å²) in [5.74, 6) is 0. The highest BCUT2D eigenvalue weighted by molar-refractivity contribution is 5.70. The van der Waals surface area contributed by atoms with Crippen molar-refractivity contribution < 1.29 is 10.2 Å². The Morgan fingerprint density at radius 3 is 1.38 bits per heavy atom. The molecule has 2 aromatic rings. The van der Waals surface area contributed by atoms with E-state index in [2.05, 4.69) is 72.2 Å². The molecule has 2 aromatic carbocycles. The monoisotopic (exact) mass is 356 g/mol. The van der Waals surface area contributed by atoms with Crippen LogP contribution in [0, 0.1) is 0 Å². The number of likely N-dealkylation sites (N-methyl/N-ethyl adjacent to an activating group) is 2. The fraction of sp³-hybridized carbons (Fsp3) is 0.455. The molecule has 4 heteroatoms. The molecular weight excluding hydrogens is 324 g/mol. The molecule has 0 aliphatic rings. The fourth-order valence-electron chi connectivity index (χ4n) is 3.30. The minimum Gasteiger partial charge on any atom is -0.395 e. The molecule has 142 valence electrons. The number of rotatable bonds is 11. The van der Waals surface area contributed by atoms with E-state index < -0.39 is 0 Å². The van der Waals surface area contributed by atoms with Gasteiger partial charge in [-0.2, -0.15) is 0 Å². The van der Waals surface area contributed by atoms with E-state index in [1.54, 1.807) is 0 Å². The highest BCUT2D eigenvalue weighted by atomic mass is 16.3. The van der Waals surface area contributed by atoms with Gasteiger partial charge in [-0.3, -0.25) is 9.80 Å². The topological polar surface area (TPSA) is 46.9 Å². The maximum absolute atomic E-state index is 9.29. The van der Waals surface area contributed by atoms with Crippen molar-refractivity contribution in [3.05, 3.63) is 59.7 Å². The van der Waals surface area contributed by atoms with Crippen molar-refractivity contribution in [1.29, 1.82) is 0 Å². The zero-order valence-corrected chi connectivity index (χ0v) is 16.1. The van der Waals surface area contributed by atoms with Crippen LogP contribution in [0.1, 0.15) is 25.0 Å². The molecule has 0 aliphatic carbocycles. The van der Waals surface area contributed by atoms with Crippen LogP contribution in [0.4, 0.5) is 0 Å². The smallest absolute Gasteiger partial charge is 0.0558 e. The first-order valence-electron chi connectivity index (χ1n) is 9.56. The van der Waals surface area contributed by atoms with Gasteiger partial charge in [0.25, 0.3) is 0 Å². The number of aliphatic hydroxyl groups excluding tert-OH is 2. The first-order chi connectivity index (χ1) is 12.7. The molecule has 0 spiro atoms. The van der Waals surface area contributed by atoms with E-state index in [-0.39, 0.29) is 13.2 Å². The molecule has 0 aromatic heterocycles. The van der Waals surface area contributed by atoms with Crippen LogP contribution < -0.4 is 0 Å². The van der Waals surface area contributed by atoms with Gasteiger partial charge >= 0.3 is 0 Å². The molecule has 0 heterocycles. The minimum absolute atomic E-state index is 0.180. The van der Waals surface area contributed by atoms with Crippen LogP contribution in [-0.2, 0) is 13.1 Å². The van der Waals surface area contributed by atoms with E-state index in [9.17, 15) is 10.2 Å². The summed E-state index contributed by atoms with van der Waals surface area (Å²) < 4.78 is 0. The predicted octanol–water partition coefficient (Wildman–Crippen LogP) is 2.98. The van der Waals surface area contributed by atoms with Gasteiger partial charge in [0, 0.05) is 26.2 Å². The van der Waals surface area contributed by atoms with Gasteiger partial charge < -0.3 is 10.2 Å². The second-order valence-electron chi connectivity index (χ2n) is 6.50. The summed E-state index contributed by atoms with van der Waals surface area (Å²) in [6, 6.07) is 17.1. The van der Waals surface area contributed by atoms with Crippen molar-refractivity contribution in [2.45, 2.75) is 26.9 Å². The van der Waals surface area contributed by atoms with Gasteiger partial charge in [0.2, 0.25) is 0 Å². The molecule has 26 heavy (non-hydrogen) atoms. The molecule has 0 saturated heterocycles. The Hall–Kier alpha value is -1.72. The minimum atomic E-state index is 0.180. The van der Waals surface area contributed by atoms with Gasteiger partial charge in [0.05, 0.1) is 13.2 Å². The Labute approximate surface area is 157 Å². The quantitative estimate of drug-likeness (QED) is 0.650. The Bertz CT molecular complexity index is 603. The first kappa shape index (κ1) is 20.6. The van der Waals surface area contributed by atoms with Crippen LogP contribution >= 0.6 is 0 Å². The third-order valence-electron chi connectivity index (χ3n) is 4.84. The van der Waals surface area contributed by atoms with Crippen molar-refractivity contribution in [2.24, 2.45) is 0 Å². The molecule has 2 N–H and O–H groups in total. The SMILES string of the molecule is CCN(CCO)Cc1ccccc1-c1ccccc1CN(CC)CCO. The molecular formula is C22H32N2O2. The Morgan fingerprint density at radius 1 is 0.654 bits per heavy atom. The van der Waals surface area contributed by atoms with Crippen molar-refractivity contribution >= 4 is 0 Å². The zero-order chi connectivity index (χ0) is 18.8. The van der Waals surface area contributed by atoms with Crippen LogP contribution in [0.2, 0.25) is 0 Å².